The van der Waals surface area contributed by atoms with Crippen LogP contribution in [0.4, 0.5) is 34.1 Å². The van der Waals surface area contributed by atoms with Gasteiger partial charge in [0.25, 0.3) is 26.1 Å². The van der Waals surface area contributed by atoms with Crippen molar-refractivity contribution in [3.63, 3.8) is 0 Å². The van der Waals surface area contributed by atoms with E-state index in [1.807, 2.05) is 0 Å². The Kier molecular flexibility index (Phi) is 13.0. The molecule has 63 heavy (non-hydrogen) atoms. The average molecular weight is 937 g/mol. The van der Waals surface area contributed by atoms with Crippen LogP contribution in [0.3, 0.4) is 0 Å². The first kappa shape index (κ1) is 44.4. The van der Waals surface area contributed by atoms with E-state index in [4.69, 9.17) is 5.26 Å². The van der Waals surface area contributed by atoms with Crippen molar-refractivity contribution in [3.8, 4) is 5.75 Å². The first-order valence-corrected chi connectivity index (χ1v) is 21.5. The first-order valence-electron chi connectivity index (χ1n) is 17.1. The number of para-hydroxylation sites is 1. The van der Waals surface area contributed by atoms with Gasteiger partial charge in [0.1, 0.15) is 16.3 Å². The van der Waals surface area contributed by atoms with Gasteiger partial charge in [-0.05, 0) is 84.2 Å². The largest absolute Gasteiger partial charge is 0.505 e. The van der Waals surface area contributed by atoms with E-state index in [0.717, 1.165) is 41.3 Å². The van der Waals surface area contributed by atoms with Gasteiger partial charge in [-0.2, -0.15) is 46.6 Å². The van der Waals surface area contributed by atoms with Crippen LogP contribution in [0, 0.1) is 0 Å². The van der Waals surface area contributed by atoms with E-state index >= 15 is 0 Å². The van der Waals surface area contributed by atoms with Crippen LogP contribution in [-0.2, 0) is 43.5 Å². The molecule has 0 bridgehead atoms. The predicted octanol–water partition coefficient (Wildman–Crippen LogP) is 8.89. The number of fused-ring (bicyclic) bond motifs is 2. The number of phenols is 1. The fourth-order valence-electron chi connectivity index (χ4n) is 5.90. The maximum absolute atomic E-state index is 13.3. The minimum Gasteiger partial charge on any atom is -0.505 e. The monoisotopic (exact) mass is 936 g/mol. The number of aromatic hydroxyl groups is 1. The van der Waals surface area contributed by atoms with E-state index < -0.39 is 70.8 Å². The number of aliphatic carboxylic acids is 1. The molecule has 1 unspecified atom stereocenters. The Morgan fingerprint density at radius 2 is 1.43 bits per heavy atom. The number of hydrazone groups is 1. The second-order valence-corrected chi connectivity index (χ2v) is 16.9. The Hall–Kier alpha value is -6.63. The molecule has 1 atom stereocenters. The molecule has 0 saturated heterocycles. The third-order valence-electron chi connectivity index (χ3n) is 8.71. The number of hydrogen-bond acceptors (Lipinski definition) is 21. The Morgan fingerprint density at radius 1 is 0.730 bits per heavy atom. The Labute approximate surface area is 361 Å². The van der Waals surface area contributed by atoms with Gasteiger partial charge in [0, 0.05) is 21.1 Å². The van der Waals surface area contributed by atoms with E-state index in [9.17, 15) is 51.0 Å². The fraction of sp³-hybridized carbons (Fsp3) is 0.0278. The van der Waals surface area contributed by atoms with Crippen molar-refractivity contribution in [2.24, 2.45) is 35.8 Å². The number of nitrogens with zero attached hydrogens (tertiary/aromatic N) is 8. The molecule has 6 aromatic carbocycles. The van der Waals surface area contributed by atoms with Crippen LogP contribution in [0.2, 0.25) is 0 Å². The van der Waals surface area contributed by atoms with Gasteiger partial charge in [0.15, 0.2) is 11.5 Å². The highest BCUT2D eigenvalue weighted by atomic mass is 32.2. The lowest BCUT2D eigenvalue weighted by atomic mass is 10.1. The molecule has 0 spiro atoms. The zero-order valence-electron chi connectivity index (χ0n) is 31.0. The van der Waals surface area contributed by atoms with E-state index in [1.54, 1.807) is 42.5 Å². The van der Waals surface area contributed by atoms with E-state index in [1.165, 1.54) is 36.4 Å². The summed E-state index contributed by atoms with van der Waals surface area (Å²) in [6.45, 7) is 0. The number of phenolic OH excluding ortho intramolecular Hbond substituents is 1. The highest BCUT2D eigenvalue weighted by Crippen LogP contribution is 2.47. The van der Waals surface area contributed by atoms with Crippen molar-refractivity contribution >= 4 is 118 Å². The Morgan fingerprint density at radius 3 is 2.08 bits per heavy atom. The van der Waals surface area contributed by atoms with Crippen LogP contribution in [-0.4, -0.2) is 70.3 Å². The van der Waals surface area contributed by atoms with Crippen LogP contribution >= 0.6 is 24.1 Å². The van der Waals surface area contributed by atoms with Gasteiger partial charge in [-0.1, -0.05) is 29.3 Å². The average Bonchev–Trinajstić information content (AvgIpc) is 3.59. The van der Waals surface area contributed by atoms with Crippen molar-refractivity contribution in [2.45, 2.75) is 25.6 Å². The van der Waals surface area contributed by atoms with Gasteiger partial charge in [-0.15, -0.1) is 19.7 Å². The second kappa shape index (κ2) is 18.4. The maximum atomic E-state index is 13.3. The minimum atomic E-state index is -5.12. The number of carboxylic acids is 1. The molecule has 0 saturated carbocycles. The number of hydrogen-bond donors (Lipinski definition) is 6. The number of benzene rings is 6. The molecule has 1 aliphatic heterocycles. The summed E-state index contributed by atoms with van der Waals surface area (Å²) >= 11 is 0.971. The van der Waals surface area contributed by atoms with Crippen molar-refractivity contribution in [1.29, 1.82) is 0 Å². The molecule has 0 fully saturated rings. The lowest BCUT2D eigenvalue weighted by molar-refractivity contribution is -0.432. The van der Waals surface area contributed by atoms with Crippen LogP contribution < -0.4 is 5.01 Å². The molecule has 1 amide bonds. The summed E-state index contributed by atoms with van der Waals surface area (Å²) in [5.74, 6) is -3.32. The Balaban J connectivity index is 1.30. The molecule has 23 nitrogen and oxygen atoms in total. The summed E-state index contributed by atoms with van der Waals surface area (Å²) in [6, 6.07) is 21.6. The number of rotatable bonds is 15. The molecule has 27 heteroatoms. The SMILES string of the molecule is O=C(O)C1=NN(c2ccccc2)C(=O)C1N=Nc1cc2c(O)c(N=Nc3ccc(N=Nc4ccc(SOOO)cc4)c4ccc(S(=O)(=O)O)cc34)c(SOO)cc2cc1S(=O)(=O)O. The van der Waals surface area contributed by atoms with Crippen molar-refractivity contribution in [3.05, 3.63) is 103 Å². The summed E-state index contributed by atoms with van der Waals surface area (Å²) in [4.78, 5) is 24.3. The third kappa shape index (κ3) is 9.72. The molecule has 7 rings (SSSR count). The molecule has 6 aromatic rings. The Bertz CT molecular complexity index is 3160. The summed E-state index contributed by atoms with van der Waals surface area (Å²) in [5, 5.41) is 71.7. The molecular weight excluding hydrogens is 913 g/mol. The molecule has 6 N–H and O–H groups in total. The highest BCUT2D eigenvalue weighted by Gasteiger charge is 2.41. The zero-order valence-corrected chi connectivity index (χ0v) is 34.2. The van der Waals surface area contributed by atoms with E-state index in [0.29, 0.717) is 10.6 Å². The minimum absolute atomic E-state index is 0.0415. The quantitative estimate of drug-likeness (QED) is 0.0184. The smallest absolute Gasteiger partial charge is 0.355 e. The molecule has 1 heterocycles. The molecule has 322 valence electrons. The maximum Gasteiger partial charge on any atom is 0.355 e. The van der Waals surface area contributed by atoms with Gasteiger partial charge in [0.05, 0.1) is 56.6 Å². The molecular formula is C36H24N8O15S4. The third-order valence-corrected chi connectivity index (χ3v) is 11.6. The van der Waals surface area contributed by atoms with Crippen molar-refractivity contribution < 1.29 is 70.0 Å². The number of azo groups is 3. The van der Waals surface area contributed by atoms with Crippen LogP contribution in [0.1, 0.15) is 0 Å². The predicted molar refractivity (Wildman–Crippen MR) is 222 cm³/mol. The van der Waals surface area contributed by atoms with Crippen molar-refractivity contribution in [2.75, 3.05) is 5.01 Å². The highest BCUT2D eigenvalue weighted by molar-refractivity contribution is 7.95. The van der Waals surface area contributed by atoms with Crippen LogP contribution in [0.25, 0.3) is 21.5 Å². The molecule has 0 aliphatic carbocycles. The van der Waals surface area contributed by atoms with E-state index in [-0.39, 0.29) is 55.5 Å². The zero-order chi connectivity index (χ0) is 45.1. The fourth-order valence-corrected chi connectivity index (χ4v) is 7.87. The standard InChI is InChI=1S/C36H24N8O15S4/c45-34-24-17-28(40-42-32-33(36(47)48)43-44(35(32)46)20-4-2-1-3-5-20)30(63(54,55)56)15-18(24)14-29(61-58-50)31(34)41-39-27-13-12-26(23-11-10-22(16-25(23)27)62(51,52)53)38-37-19-6-8-21(9-7-19)60-59-57-49/h1-17,32,45,49-50H,(H,47,48)(H,51,52,53)(H,54,55,56). The van der Waals surface area contributed by atoms with Crippen LogP contribution in [0.15, 0.2) is 158 Å². The van der Waals surface area contributed by atoms with Gasteiger partial charge in [-0.3, -0.25) is 13.9 Å². The lowest BCUT2D eigenvalue weighted by Gasteiger charge is -2.12. The summed E-state index contributed by atoms with van der Waals surface area (Å²) < 4.78 is 78.0. The number of carboxylic acid groups (broad SMARTS) is 1. The molecule has 0 radical (unpaired) electrons. The number of anilines is 1. The first-order chi connectivity index (χ1) is 30.1. The summed E-state index contributed by atoms with van der Waals surface area (Å²) in [7, 11) is -9.87. The van der Waals surface area contributed by atoms with Gasteiger partial charge in [-0.25, -0.2) is 15.3 Å². The molecule has 0 aromatic heterocycles. The van der Waals surface area contributed by atoms with Gasteiger partial charge in [0.2, 0.25) is 6.04 Å². The summed E-state index contributed by atoms with van der Waals surface area (Å²) in [6.07, 6.45) is 0. The second-order valence-electron chi connectivity index (χ2n) is 12.5. The topological polar surface area (TPSA) is 341 Å². The van der Waals surface area contributed by atoms with E-state index in [2.05, 4.69) is 49.5 Å². The number of carbonyl (C=O) groups excluding carboxylic acids is 1. The number of amides is 1. The van der Waals surface area contributed by atoms with Crippen molar-refractivity contribution in [1.82, 2.24) is 0 Å². The van der Waals surface area contributed by atoms with Gasteiger partial charge >= 0.3 is 5.97 Å². The van der Waals surface area contributed by atoms with Crippen LogP contribution in [0.5, 0.6) is 5.75 Å². The number of carbonyl (C=O) groups is 2. The normalized spacial score (nSPS) is 14.9. The van der Waals surface area contributed by atoms with Gasteiger partial charge < -0.3 is 10.2 Å². The lowest BCUT2D eigenvalue weighted by Crippen LogP contribution is -2.33. The summed E-state index contributed by atoms with van der Waals surface area (Å²) in [5.41, 5.74) is -1.07. The molecule has 1 aliphatic rings.